The smallest absolute Gasteiger partial charge is 0.309 e. The van der Waals surface area contributed by atoms with Crippen LogP contribution in [0, 0.1) is 0 Å². The SMILES string of the molecule is CCCCCCCCCNC(=O)C(=O)NC1CCCC1. The zero-order valence-electron chi connectivity index (χ0n) is 12.9. The summed E-state index contributed by atoms with van der Waals surface area (Å²) >= 11 is 0. The summed E-state index contributed by atoms with van der Waals surface area (Å²) in [4.78, 5) is 23.2. The van der Waals surface area contributed by atoms with E-state index in [1.807, 2.05) is 0 Å². The highest BCUT2D eigenvalue weighted by atomic mass is 16.2. The Balaban J connectivity index is 1.95. The Morgan fingerprint density at radius 3 is 2.15 bits per heavy atom. The van der Waals surface area contributed by atoms with Crippen molar-refractivity contribution in [3.05, 3.63) is 0 Å². The van der Waals surface area contributed by atoms with Gasteiger partial charge >= 0.3 is 11.8 Å². The van der Waals surface area contributed by atoms with Gasteiger partial charge in [0.25, 0.3) is 0 Å². The summed E-state index contributed by atoms with van der Waals surface area (Å²) in [5.41, 5.74) is 0. The number of unbranched alkanes of at least 4 members (excludes halogenated alkanes) is 6. The predicted octanol–water partition coefficient (Wildman–Crippen LogP) is 2.91. The Morgan fingerprint density at radius 1 is 0.900 bits per heavy atom. The van der Waals surface area contributed by atoms with Gasteiger partial charge in [0, 0.05) is 12.6 Å². The Labute approximate surface area is 123 Å². The van der Waals surface area contributed by atoms with Gasteiger partial charge in [0.05, 0.1) is 0 Å². The van der Waals surface area contributed by atoms with Gasteiger partial charge in [-0.1, -0.05) is 58.3 Å². The molecule has 2 N–H and O–H groups in total. The van der Waals surface area contributed by atoms with Crippen molar-refractivity contribution in [2.75, 3.05) is 6.54 Å². The van der Waals surface area contributed by atoms with Gasteiger partial charge in [0.2, 0.25) is 0 Å². The van der Waals surface area contributed by atoms with Crippen molar-refractivity contribution < 1.29 is 9.59 Å². The van der Waals surface area contributed by atoms with E-state index >= 15 is 0 Å². The highest BCUT2D eigenvalue weighted by Gasteiger charge is 2.20. The maximum absolute atomic E-state index is 11.6. The summed E-state index contributed by atoms with van der Waals surface area (Å²) < 4.78 is 0. The molecule has 1 fully saturated rings. The second kappa shape index (κ2) is 10.7. The van der Waals surface area contributed by atoms with E-state index in [-0.39, 0.29) is 6.04 Å². The van der Waals surface area contributed by atoms with E-state index in [0.717, 1.165) is 38.5 Å². The molecule has 0 aromatic rings. The average molecular weight is 282 g/mol. The minimum absolute atomic E-state index is 0.215. The number of rotatable bonds is 9. The number of carbonyl (C=O) groups excluding carboxylic acids is 2. The summed E-state index contributed by atoms with van der Waals surface area (Å²) in [5.74, 6) is -0.928. The molecular formula is C16H30N2O2. The molecule has 0 heterocycles. The van der Waals surface area contributed by atoms with Crippen LogP contribution in [-0.2, 0) is 9.59 Å². The zero-order valence-corrected chi connectivity index (χ0v) is 12.9. The molecule has 0 aliphatic heterocycles. The first-order chi connectivity index (χ1) is 9.74. The minimum Gasteiger partial charge on any atom is -0.348 e. The van der Waals surface area contributed by atoms with Gasteiger partial charge < -0.3 is 10.6 Å². The van der Waals surface area contributed by atoms with Crippen LogP contribution in [0.15, 0.2) is 0 Å². The lowest BCUT2D eigenvalue weighted by atomic mass is 10.1. The van der Waals surface area contributed by atoms with E-state index in [1.165, 1.54) is 32.1 Å². The third-order valence-corrected chi connectivity index (χ3v) is 3.96. The molecule has 0 aromatic carbocycles. The molecule has 0 saturated heterocycles. The molecule has 0 atom stereocenters. The maximum Gasteiger partial charge on any atom is 0.309 e. The van der Waals surface area contributed by atoms with Crippen LogP contribution in [0.3, 0.4) is 0 Å². The summed E-state index contributed by atoms with van der Waals surface area (Å²) in [6.45, 7) is 2.83. The number of carbonyl (C=O) groups is 2. The highest BCUT2D eigenvalue weighted by Crippen LogP contribution is 2.17. The molecule has 116 valence electrons. The second-order valence-electron chi connectivity index (χ2n) is 5.83. The molecule has 20 heavy (non-hydrogen) atoms. The number of hydrogen-bond donors (Lipinski definition) is 2. The van der Waals surface area contributed by atoms with Gasteiger partial charge in [-0.3, -0.25) is 9.59 Å². The lowest BCUT2D eigenvalue weighted by molar-refractivity contribution is -0.139. The van der Waals surface area contributed by atoms with Crippen molar-refractivity contribution in [2.45, 2.75) is 83.6 Å². The van der Waals surface area contributed by atoms with E-state index in [0.29, 0.717) is 6.54 Å². The van der Waals surface area contributed by atoms with Gasteiger partial charge in [-0.15, -0.1) is 0 Å². The second-order valence-corrected chi connectivity index (χ2v) is 5.83. The molecule has 4 nitrogen and oxygen atoms in total. The lowest BCUT2D eigenvalue weighted by Gasteiger charge is -2.11. The molecule has 0 radical (unpaired) electrons. The maximum atomic E-state index is 11.6. The molecule has 0 spiro atoms. The van der Waals surface area contributed by atoms with Gasteiger partial charge in [0.1, 0.15) is 0 Å². The first-order valence-corrected chi connectivity index (χ1v) is 8.32. The summed E-state index contributed by atoms with van der Waals surface area (Å²) in [6, 6.07) is 0.215. The standard InChI is InChI=1S/C16H30N2O2/c1-2-3-4-5-6-7-10-13-17-15(19)16(20)18-14-11-8-9-12-14/h14H,2-13H2,1H3,(H,17,19)(H,18,20). The Bertz CT molecular complexity index is 286. The van der Waals surface area contributed by atoms with Crippen LogP contribution in [0.1, 0.15) is 77.6 Å². The molecular weight excluding hydrogens is 252 g/mol. The van der Waals surface area contributed by atoms with Crippen LogP contribution in [0.5, 0.6) is 0 Å². The van der Waals surface area contributed by atoms with Crippen LogP contribution in [0.2, 0.25) is 0 Å². The van der Waals surface area contributed by atoms with Crippen molar-refractivity contribution in [3.63, 3.8) is 0 Å². The molecule has 0 aromatic heterocycles. The van der Waals surface area contributed by atoms with Crippen LogP contribution < -0.4 is 10.6 Å². The van der Waals surface area contributed by atoms with Gasteiger partial charge in [0.15, 0.2) is 0 Å². The normalized spacial score (nSPS) is 15.2. The van der Waals surface area contributed by atoms with Crippen LogP contribution in [0.25, 0.3) is 0 Å². The summed E-state index contributed by atoms with van der Waals surface area (Å²) in [5, 5.41) is 5.51. The third kappa shape index (κ3) is 7.51. The predicted molar refractivity (Wildman–Crippen MR) is 81.4 cm³/mol. The van der Waals surface area contributed by atoms with Crippen LogP contribution in [0.4, 0.5) is 0 Å². The van der Waals surface area contributed by atoms with E-state index in [1.54, 1.807) is 0 Å². The molecule has 1 saturated carbocycles. The molecule has 0 unspecified atom stereocenters. The number of nitrogens with one attached hydrogen (secondary N) is 2. The largest absolute Gasteiger partial charge is 0.348 e. The van der Waals surface area contributed by atoms with Gasteiger partial charge in [-0.05, 0) is 19.3 Å². The molecule has 4 heteroatoms. The molecule has 1 aliphatic carbocycles. The Morgan fingerprint density at radius 2 is 1.50 bits per heavy atom. The fraction of sp³-hybridized carbons (Fsp3) is 0.875. The summed E-state index contributed by atoms with van der Waals surface area (Å²) in [6.07, 6.45) is 12.8. The van der Waals surface area contributed by atoms with E-state index in [9.17, 15) is 9.59 Å². The number of hydrogen-bond acceptors (Lipinski definition) is 2. The van der Waals surface area contributed by atoms with Crippen molar-refractivity contribution in [2.24, 2.45) is 0 Å². The summed E-state index contributed by atoms with van der Waals surface area (Å²) in [7, 11) is 0. The first-order valence-electron chi connectivity index (χ1n) is 8.32. The quantitative estimate of drug-likeness (QED) is 0.504. The van der Waals surface area contributed by atoms with Gasteiger partial charge in [-0.2, -0.15) is 0 Å². The average Bonchev–Trinajstić information content (AvgIpc) is 2.94. The molecule has 2 amide bonds. The Kier molecular flexibility index (Phi) is 9.09. The molecule has 1 aliphatic rings. The minimum atomic E-state index is -0.470. The van der Waals surface area contributed by atoms with Crippen molar-refractivity contribution >= 4 is 11.8 Å². The lowest BCUT2D eigenvalue weighted by Crippen LogP contribution is -2.43. The van der Waals surface area contributed by atoms with Crippen molar-refractivity contribution in [1.82, 2.24) is 10.6 Å². The number of amides is 2. The topological polar surface area (TPSA) is 58.2 Å². The fourth-order valence-corrected chi connectivity index (χ4v) is 2.69. The highest BCUT2D eigenvalue weighted by molar-refractivity contribution is 6.35. The third-order valence-electron chi connectivity index (χ3n) is 3.96. The van der Waals surface area contributed by atoms with Crippen molar-refractivity contribution in [1.29, 1.82) is 0 Å². The zero-order chi connectivity index (χ0) is 14.6. The molecule has 1 rings (SSSR count). The van der Waals surface area contributed by atoms with Gasteiger partial charge in [-0.25, -0.2) is 0 Å². The monoisotopic (exact) mass is 282 g/mol. The molecule has 0 bridgehead atoms. The van der Waals surface area contributed by atoms with Crippen molar-refractivity contribution in [3.8, 4) is 0 Å². The fourth-order valence-electron chi connectivity index (χ4n) is 2.69. The van der Waals surface area contributed by atoms with E-state index in [4.69, 9.17) is 0 Å². The van der Waals surface area contributed by atoms with E-state index < -0.39 is 11.8 Å². The van der Waals surface area contributed by atoms with Crippen LogP contribution >= 0.6 is 0 Å². The van der Waals surface area contributed by atoms with Crippen LogP contribution in [-0.4, -0.2) is 24.4 Å². The Hall–Kier alpha value is -1.06. The van der Waals surface area contributed by atoms with E-state index in [2.05, 4.69) is 17.6 Å². The first kappa shape index (κ1) is 17.0.